The van der Waals surface area contributed by atoms with E-state index in [9.17, 15) is 4.79 Å². The molecule has 122 valence electrons. The molecule has 0 N–H and O–H groups in total. The van der Waals surface area contributed by atoms with Crippen molar-refractivity contribution in [2.75, 3.05) is 19.7 Å². The molecule has 0 bridgehead atoms. The molecule has 0 aliphatic carbocycles. The molecule has 2 aromatic rings. The zero-order valence-corrected chi connectivity index (χ0v) is 15.6. The molecule has 1 aliphatic heterocycles. The summed E-state index contributed by atoms with van der Waals surface area (Å²) in [7, 11) is 0. The van der Waals surface area contributed by atoms with E-state index in [0.717, 1.165) is 14.4 Å². The van der Waals surface area contributed by atoms with Gasteiger partial charge in [-0.1, -0.05) is 44.2 Å². The second kappa shape index (κ2) is 7.11. The van der Waals surface area contributed by atoms with Gasteiger partial charge in [-0.05, 0) is 27.4 Å². The molecule has 3 rings (SSSR count). The second-order valence-electron chi connectivity index (χ2n) is 5.86. The van der Waals surface area contributed by atoms with E-state index in [1.54, 1.807) is 0 Å². The lowest BCUT2D eigenvalue weighted by molar-refractivity contribution is -0.0230. The summed E-state index contributed by atoms with van der Waals surface area (Å²) in [5.74, 6) is 0.281. The van der Waals surface area contributed by atoms with Crippen LogP contribution < -0.4 is 0 Å². The molecule has 0 spiro atoms. The van der Waals surface area contributed by atoms with Gasteiger partial charge in [0.25, 0.3) is 5.91 Å². The molecule has 6 heteroatoms. The van der Waals surface area contributed by atoms with Gasteiger partial charge in [-0.15, -0.1) is 11.3 Å². The van der Waals surface area contributed by atoms with Crippen LogP contribution in [0.15, 0.2) is 34.2 Å². The number of ether oxygens (including phenoxy) is 1. The van der Waals surface area contributed by atoms with Gasteiger partial charge < -0.3 is 9.64 Å². The molecular formula is C17H19BrN2O2S. The predicted octanol–water partition coefficient (Wildman–Crippen LogP) is 4.24. The van der Waals surface area contributed by atoms with Crippen LogP contribution in [0, 0.1) is 0 Å². The Labute approximate surface area is 148 Å². The van der Waals surface area contributed by atoms with Crippen LogP contribution in [0.4, 0.5) is 0 Å². The number of carbonyl (C=O) groups is 1. The fourth-order valence-electron chi connectivity index (χ4n) is 2.70. The maximum Gasteiger partial charge on any atom is 0.273 e. The molecule has 1 saturated heterocycles. The van der Waals surface area contributed by atoms with E-state index in [0.29, 0.717) is 25.4 Å². The molecular weight excluding hydrogens is 376 g/mol. The second-order valence-corrected chi connectivity index (χ2v) is 8.16. The molecule has 1 amide bonds. The molecule has 0 radical (unpaired) electrons. The fourth-order valence-corrected chi connectivity index (χ4v) is 4.19. The van der Waals surface area contributed by atoms with E-state index >= 15 is 0 Å². The third-order valence-electron chi connectivity index (χ3n) is 3.88. The van der Waals surface area contributed by atoms with Gasteiger partial charge in [0.2, 0.25) is 0 Å². The molecule has 1 aromatic carbocycles. The zero-order valence-electron chi connectivity index (χ0n) is 13.2. The summed E-state index contributed by atoms with van der Waals surface area (Å²) in [5, 5.41) is 0. The van der Waals surface area contributed by atoms with Gasteiger partial charge in [-0.3, -0.25) is 4.79 Å². The molecule has 1 aliphatic rings. The summed E-state index contributed by atoms with van der Waals surface area (Å²) in [5.41, 5.74) is 1.68. The van der Waals surface area contributed by atoms with Gasteiger partial charge in [-0.2, -0.15) is 0 Å². The number of carbonyl (C=O) groups excluding carboxylic acids is 1. The smallest absolute Gasteiger partial charge is 0.273 e. The molecule has 23 heavy (non-hydrogen) atoms. The first-order valence-electron chi connectivity index (χ1n) is 7.68. The average Bonchev–Trinajstić information content (AvgIpc) is 2.97. The maximum atomic E-state index is 12.9. The monoisotopic (exact) mass is 394 g/mol. The van der Waals surface area contributed by atoms with Crippen LogP contribution in [0.25, 0.3) is 0 Å². The Kier molecular flexibility index (Phi) is 5.14. The highest BCUT2D eigenvalue weighted by molar-refractivity contribution is 9.11. The Balaban J connectivity index is 1.80. The van der Waals surface area contributed by atoms with Crippen molar-refractivity contribution < 1.29 is 9.53 Å². The summed E-state index contributed by atoms with van der Waals surface area (Å²) < 4.78 is 6.60. The van der Waals surface area contributed by atoms with E-state index in [4.69, 9.17) is 4.74 Å². The lowest BCUT2D eigenvalue weighted by Crippen LogP contribution is -2.42. The third kappa shape index (κ3) is 3.65. The highest BCUT2D eigenvalue weighted by atomic mass is 79.9. The van der Waals surface area contributed by atoms with Crippen molar-refractivity contribution >= 4 is 33.2 Å². The Morgan fingerprint density at radius 1 is 1.39 bits per heavy atom. The van der Waals surface area contributed by atoms with Crippen molar-refractivity contribution in [3.63, 3.8) is 0 Å². The molecule has 1 atom stereocenters. The van der Waals surface area contributed by atoms with Crippen LogP contribution >= 0.6 is 27.3 Å². The van der Waals surface area contributed by atoms with E-state index in [2.05, 4.69) is 34.8 Å². The molecule has 0 unspecified atom stereocenters. The maximum absolute atomic E-state index is 12.9. The first kappa shape index (κ1) is 16.6. The van der Waals surface area contributed by atoms with E-state index in [-0.39, 0.29) is 17.9 Å². The lowest BCUT2D eigenvalue weighted by Gasteiger charge is -2.33. The number of thiazole rings is 1. The van der Waals surface area contributed by atoms with Crippen LogP contribution in [-0.2, 0) is 4.74 Å². The Morgan fingerprint density at radius 3 is 2.83 bits per heavy atom. The van der Waals surface area contributed by atoms with E-state index < -0.39 is 0 Å². The first-order valence-corrected chi connectivity index (χ1v) is 9.29. The number of halogens is 1. The Morgan fingerprint density at radius 2 is 2.13 bits per heavy atom. The number of nitrogens with zero attached hydrogens (tertiary/aromatic N) is 2. The van der Waals surface area contributed by atoms with Gasteiger partial charge in [0.15, 0.2) is 3.92 Å². The van der Waals surface area contributed by atoms with E-state index in [1.165, 1.54) is 11.3 Å². The largest absolute Gasteiger partial charge is 0.370 e. The zero-order chi connectivity index (χ0) is 16.4. The predicted molar refractivity (Wildman–Crippen MR) is 94.9 cm³/mol. The van der Waals surface area contributed by atoms with Gasteiger partial charge in [-0.25, -0.2) is 4.98 Å². The minimum absolute atomic E-state index is 0.000110. The minimum Gasteiger partial charge on any atom is -0.370 e. The number of aromatic nitrogens is 1. The van der Waals surface area contributed by atoms with Crippen LogP contribution in [0.5, 0.6) is 0 Å². The number of hydrogen-bond donors (Lipinski definition) is 0. The minimum atomic E-state index is -0.0709. The molecule has 1 fully saturated rings. The van der Waals surface area contributed by atoms with E-state index in [1.807, 2.05) is 35.2 Å². The van der Waals surface area contributed by atoms with Gasteiger partial charge in [0.1, 0.15) is 11.8 Å². The Bertz CT molecular complexity index is 687. The molecule has 4 nitrogen and oxygen atoms in total. The molecule has 1 aromatic heterocycles. The quantitative estimate of drug-likeness (QED) is 0.781. The molecule has 2 heterocycles. The van der Waals surface area contributed by atoms with Crippen molar-refractivity contribution in [2.24, 2.45) is 0 Å². The topological polar surface area (TPSA) is 42.4 Å². The van der Waals surface area contributed by atoms with Crippen LogP contribution in [-0.4, -0.2) is 35.5 Å². The Hall–Kier alpha value is -1.24. The van der Waals surface area contributed by atoms with Crippen molar-refractivity contribution in [1.29, 1.82) is 0 Å². The summed E-state index contributed by atoms with van der Waals surface area (Å²) in [6.07, 6.45) is -0.0709. The number of amides is 1. The van der Waals surface area contributed by atoms with Crippen LogP contribution in [0.2, 0.25) is 0 Å². The number of rotatable bonds is 3. The standard InChI is InChI=1S/C17H19BrN2O2S/c1-11(2)15-14(19-17(18)23-15)16(21)20-8-9-22-13(10-20)12-6-4-3-5-7-12/h3-7,11,13H,8-10H2,1-2H3/t13-/m0/s1. The number of benzene rings is 1. The first-order chi connectivity index (χ1) is 11.1. The normalized spacial score (nSPS) is 18.4. The summed E-state index contributed by atoms with van der Waals surface area (Å²) in [6, 6.07) is 10.0. The molecule has 0 saturated carbocycles. The average molecular weight is 395 g/mol. The number of morpholine rings is 1. The van der Waals surface area contributed by atoms with Crippen LogP contribution in [0.3, 0.4) is 0 Å². The van der Waals surface area contributed by atoms with Crippen LogP contribution in [0.1, 0.15) is 46.8 Å². The van der Waals surface area contributed by atoms with Crippen molar-refractivity contribution in [3.8, 4) is 0 Å². The fraction of sp³-hybridized carbons (Fsp3) is 0.412. The van der Waals surface area contributed by atoms with Crippen molar-refractivity contribution in [2.45, 2.75) is 25.9 Å². The van der Waals surface area contributed by atoms with Gasteiger partial charge >= 0.3 is 0 Å². The van der Waals surface area contributed by atoms with Crippen molar-refractivity contribution in [3.05, 3.63) is 50.4 Å². The summed E-state index contributed by atoms with van der Waals surface area (Å²) in [6.45, 7) is 5.89. The lowest BCUT2D eigenvalue weighted by atomic mass is 10.1. The van der Waals surface area contributed by atoms with Crippen molar-refractivity contribution in [1.82, 2.24) is 9.88 Å². The highest BCUT2D eigenvalue weighted by Crippen LogP contribution is 2.31. The van der Waals surface area contributed by atoms with Gasteiger partial charge in [0.05, 0.1) is 13.2 Å². The highest BCUT2D eigenvalue weighted by Gasteiger charge is 2.29. The summed E-state index contributed by atoms with van der Waals surface area (Å²) in [4.78, 5) is 20.2. The SMILES string of the molecule is CC(C)c1sc(Br)nc1C(=O)N1CCO[C@H](c2ccccc2)C1. The van der Waals surface area contributed by atoms with Gasteiger partial charge in [0, 0.05) is 11.4 Å². The number of hydrogen-bond acceptors (Lipinski definition) is 4. The summed E-state index contributed by atoms with van der Waals surface area (Å²) >= 11 is 4.94. The third-order valence-corrected chi connectivity index (χ3v) is 5.69.